The molecule has 0 saturated heterocycles. The van der Waals surface area contributed by atoms with Gasteiger partial charge in [0.15, 0.2) is 0 Å². The van der Waals surface area contributed by atoms with Crippen molar-refractivity contribution in [2.24, 2.45) is 0 Å². The quantitative estimate of drug-likeness (QED) is 0.725. The van der Waals surface area contributed by atoms with Gasteiger partial charge in [-0.3, -0.25) is 0 Å². The largest absolute Gasteiger partial charge is 0.309 e. The third kappa shape index (κ3) is 2.27. The van der Waals surface area contributed by atoms with Crippen molar-refractivity contribution in [3.63, 3.8) is 0 Å². The molecule has 0 aliphatic heterocycles. The van der Waals surface area contributed by atoms with Crippen molar-refractivity contribution in [1.82, 2.24) is 5.32 Å². The second-order valence-electron chi connectivity index (χ2n) is 4.42. The fraction of sp³-hybridized carbons (Fsp3) is 0.125. The Morgan fingerprint density at radius 2 is 1.84 bits per heavy atom. The molecule has 1 N–H and O–H groups in total. The number of fused-ring (bicyclic) bond motifs is 1. The number of thiophene rings is 1. The van der Waals surface area contributed by atoms with Gasteiger partial charge in [0.1, 0.15) is 0 Å². The van der Waals surface area contributed by atoms with E-state index in [4.69, 9.17) is 11.6 Å². The summed E-state index contributed by atoms with van der Waals surface area (Å²) in [5, 5.41) is 8.77. The normalized spacial score (nSPS) is 12.7. The molecule has 1 nitrogen and oxygen atoms in total. The summed E-state index contributed by atoms with van der Waals surface area (Å²) in [4.78, 5) is 1.17. The Morgan fingerprint density at radius 1 is 1.05 bits per heavy atom. The minimum Gasteiger partial charge on any atom is -0.309 e. The van der Waals surface area contributed by atoms with Gasteiger partial charge in [0.2, 0.25) is 0 Å². The Kier molecular flexibility index (Phi) is 3.56. The molecule has 0 spiro atoms. The molecule has 1 unspecified atom stereocenters. The summed E-state index contributed by atoms with van der Waals surface area (Å²) in [5.41, 5.74) is 1.27. The fourth-order valence-corrected chi connectivity index (χ4v) is 3.73. The van der Waals surface area contributed by atoms with Crippen LogP contribution in [-0.4, -0.2) is 7.05 Å². The highest BCUT2D eigenvalue weighted by Gasteiger charge is 2.18. The first-order valence-corrected chi connectivity index (χ1v) is 7.45. The zero-order valence-corrected chi connectivity index (χ0v) is 12.1. The molecular formula is C16H14ClNS. The molecule has 0 radical (unpaired) electrons. The summed E-state index contributed by atoms with van der Waals surface area (Å²) in [7, 11) is 1.97. The van der Waals surface area contributed by atoms with Crippen LogP contribution in [-0.2, 0) is 0 Å². The first kappa shape index (κ1) is 12.7. The van der Waals surface area contributed by atoms with Crippen LogP contribution in [0.2, 0.25) is 5.02 Å². The second-order valence-corrected chi connectivity index (χ2v) is 5.78. The van der Waals surface area contributed by atoms with Crippen LogP contribution in [0.5, 0.6) is 0 Å². The highest BCUT2D eigenvalue weighted by Crippen LogP contribution is 2.35. The van der Waals surface area contributed by atoms with E-state index in [1.54, 1.807) is 11.3 Å². The van der Waals surface area contributed by atoms with E-state index in [2.05, 4.69) is 47.8 Å². The molecule has 0 fully saturated rings. The zero-order chi connectivity index (χ0) is 13.2. The minimum absolute atomic E-state index is 0.138. The Morgan fingerprint density at radius 3 is 2.58 bits per heavy atom. The van der Waals surface area contributed by atoms with Crippen LogP contribution in [0.25, 0.3) is 10.8 Å². The summed E-state index contributed by atoms with van der Waals surface area (Å²) >= 11 is 7.98. The van der Waals surface area contributed by atoms with Crippen molar-refractivity contribution >= 4 is 33.7 Å². The maximum Gasteiger partial charge on any atom is 0.0689 e. The van der Waals surface area contributed by atoms with Crippen LogP contribution in [0.15, 0.2) is 53.9 Å². The molecule has 0 saturated carbocycles. The lowest BCUT2D eigenvalue weighted by Crippen LogP contribution is -2.17. The monoisotopic (exact) mass is 287 g/mol. The average Bonchev–Trinajstić information content (AvgIpc) is 2.86. The number of hydrogen-bond donors (Lipinski definition) is 1. The van der Waals surface area contributed by atoms with Crippen LogP contribution < -0.4 is 5.32 Å². The van der Waals surface area contributed by atoms with Crippen molar-refractivity contribution in [2.45, 2.75) is 6.04 Å². The van der Waals surface area contributed by atoms with Gasteiger partial charge in [-0.1, -0.05) is 54.1 Å². The van der Waals surface area contributed by atoms with E-state index in [0.717, 1.165) is 5.02 Å². The summed E-state index contributed by atoms with van der Waals surface area (Å²) in [6, 6.07) is 17.0. The maximum absolute atomic E-state index is 6.28. The molecule has 96 valence electrons. The minimum atomic E-state index is 0.138. The van der Waals surface area contributed by atoms with Gasteiger partial charge in [-0.2, -0.15) is 0 Å². The van der Waals surface area contributed by atoms with Crippen LogP contribution in [0.4, 0.5) is 0 Å². The van der Waals surface area contributed by atoms with E-state index in [0.29, 0.717) is 0 Å². The molecule has 0 aliphatic rings. The van der Waals surface area contributed by atoms with Gasteiger partial charge >= 0.3 is 0 Å². The van der Waals surface area contributed by atoms with Crippen molar-refractivity contribution < 1.29 is 0 Å². The van der Waals surface area contributed by atoms with Crippen molar-refractivity contribution in [3.8, 4) is 0 Å². The van der Waals surface area contributed by atoms with E-state index in [1.165, 1.54) is 21.2 Å². The number of benzene rings is 2. The first-order chi connectivity index (χ1) is 9.31. The van der Waals surface area contributed by atoms with E-state index >= 15 is 0 Å². The summed E-state index contributed by atoms with van der Waals surface area (Å²) in [5.74, 6) is 0. The summed E-state index contributed by atoms with van der Waals surface area (Å²) in [6.45, 7) is 0. The van der Waals surface area contributed by atoms with E-state index in [1.807, 2.05) is 18.5 Å². The predicted molar refractivity (Wildman–Crippen MR) is 84.2 cm³/mol. The lowest BCUT2D eigenvalue weighted by atomic mass is 9.98. The molecule has 3 aromatic rings. The molecule has 3 heteroatoms. The fourth-order valence-electron chi connectivity index (χ4n) is 2.44. The molecule has 3 rings (SSSR count). The lowest BCUT2D eigenvalue weighted by molar-refractivity contribution is 0.709. The van der Waals surface area contributed by atoms with Crippen LogP contribution in [0.3, 0.4) is 0 Å². The molecule has 19 heavy (non-hydrogen) atoms. The van der Waals surface area contributed by atoms with E-state index in [-0.39, 0.29) is 6.04 Å². The van der Waals surface area contributed by atoms with Crippen LogP contribution in [0.1, 0.15) is 16.5 Å². The molecule has 1 heterocycles. The average molecular weight is 288 g/mol. The standard InChI is InChI=1S/C16H14ClNS/c1-18-15(16-14(17)9-10-19-16)13-8-4-6-11-5-2-3-7-12(11)13/h2-10,15,18H,1H3. The van der Waals surface area contributed by atoms with Crippen molar-refractivity contribution in [2.75, 3.05) is 7.05 Å². The predicted octanol–water partition coefficient (Wildman–Crippen LogP) is 4.86. The smallest absolute Gasteiger partial charge is 0.0689 e. The topological polar surface area (TPSA) is 12.0 Å². The maximum atomic E-state index is 6.28. The third-order valence-electron chi connectivity index (χ3n) is 3.33. The molecule has 0 amide bonds. The highest BCUT2D eigenvalue weighted by molar-refractivity contribution is 7.10. The van der Waals surface area contributed by atoms with Gasteiger partial charge in [-0.25, -0.2) is 0 Å². The molecule has 1 atom stereocenters. The summed E-state index contributed by atoms with van der Waals surface area (Å²) < 4.78 is 0. The van der Waals surface area contributed by atoms with Gasteiger partial charge in [-0.15, -0.1) is 11.3 Å². The van der Waals surface area contributed by atoms with Gasteiger partial charge in [0.25, 0.3) is 0 Å². The molecule has 1 aromatic heterocycles. The Balaban J connectivity index is 2.20. The van der Waals surface area contributed by atoms with E-state index in [9.17, 15) is 0 Å². The Hall–Kier alpha value is -1.35. The molecular weight excluding hydrogens is 274 g/mol. The number of halogens is 1. The van der Waals surface area contributed by atoms with Crippen LogP contribution in [0, 0.1) is 0 Å². The van der Waals surface area contributed by atoms with Crippen LogP contribution >= 0.6 is 22.9 Å². The Bertz CT molecular complexity index is 699. The van der Waals surface area contributed by atoms with Gasteiger partial charge in [0.05, 0.1) is 11.1 Å². The van der Waals surface area contributed by atoms with Crippen molar-refractivity contribution in [3.05, 3.63) is 69.4 Å². The molecule has 2 aromatic carbocycles. The van der Waals surface area contributed by atoms with Gasteiger partial charge in [-0.05, 0) is 34.8 Å². The van der Waals surface area contributed by atoms with E-state index < -0.39 is 0 Å². The molecule has 0 bridgehead atoms. The van der Waals surface area contributed by atoms with Gasteiger partial charge < -0.3 is 5.32 Å². The van der Waals surface area contributed by atoms with Crippen molar-refractivity contribution in [1.29, 1.82) is 0 Å². The summed E-state index contributed by atoms with van der Waals surface area (Å²) in [6.07, 6.45) is 0. The number of rotatable bonds is 3. The highest BCUT2D eigenvalue weighted by atomic mass is 35.5. The second kappa shape index (κ2) is 5.33. The third-order valence-corrected chi connectivity index (χ3v) is 4.75. The first-order valence-electron chi connectivity index (χ1n) is 6.19. The molecule has 0 aliphatic carbocycles. The Labute approximate surface area is 121 Å². The number of nitrogens with one attached hydrogen (secondary N) is 1. The zero-order valence-electron chi connectivity index (χ0n) is 10.6. The SMILES string of the molecule is CNC(c1sccc1Cl)c1cccc2ccccc12. The lowest BCUT2D eigenvalue weighted by Gasteiger charge is -2.18. The number of hydrogen-bond acceptors (Lipinski definition) is 2. The van der Waals surface area contributed by atoms with Gasteiger partial charge in [0, 0.05) is 4.88 Å².